The minimum atomic E-state index is -0.155. The molecule has 1 rings (SSSR count). The molecule has 0 aliphatic carbocycles. The van der Waals surface area contributed by atoms with Gasteiger partial charge >= 0.3 is 0 Å². The van der Waals surface area contributed by atoms with Crippen molar-refractivity contribution in [3.05, 3.63) is 23.3 Å². The normalized spacial score (nSPS) is 10.1. The Morgan fingerprint density at radius 2 is 1.63 bits per heavy atom. The number of rotatable bonds is 7. The first-order valence-electron chi connectivity index (χ1n) is 6.47. The fourth-order valence-electron chi connectivity index (χ4n) is 1.81. The van der Waals surface area contributed by atoms with Crippen molar-refractivity contribution in [2.75, 3.05) is 27.3 Å². The number of nitrogens with one attached hydrogen (secondary N) is 2. The van der Waals surface area contributed by atoms with Gasteiger partial charge in [0.1, 0.15) is 11.5 Å². The van der Waals surface area contributed by atoms with E-state index in [4.69, 9.17) is 9.47 Å². The first-order chi connectivity index (χ1) is 9.17. The van der Waals surface area contributed by atoms with Crippen molar-refractivity contribution in [1.82, 2.24) is 10.6 Å². The van der Waals surface area contributed by atoms with Crippen LogP contribution in [-0.2, 0) is 6.54 Å². The maximum Gasteiger partial charge on any atom is 0.251 e. The lowest BCUT2D eigenvalue weighted by atomic mass is 10.1. The van der Waals surface area contributed by atoms with E-state index in [1.807, 2.05) is 20.9 Å². The quantitative estimate of drug-likeness (QED) is 0.786. The summed E-state index contributed by atoms with van der Waals surface area (Å²) >= 11 is 0. The molecule has 2 N–H and O–H groups in total. The van der Waals surface area contributed by atoms with Crippen LogP contribution in [0.25, 0.3) is 0 Å². The monoisotopic (exact) mass is 266 g/mol. The van der Waals surface area contributed by atoms with Gasteiger partial charge in [-0.15, -0.1) is 0 Å². The molecule has 1 aromatic carbocycles. The standard InChI is InChI=1S/C14H22N2O3/c1-5-18-12-7-10(14(17)16-4)8-13(19-6-2)11(12)9-15-3/h7-8,15H,5-6,9H2,1-4H3,(H,16,17). The van der Waals surface area contributed by atoms with Gasteiger partial charge in [0.05, 0.1) is 13.2 Å². The van der Waals surface area contributed by atoms with Crippen LogP contribution in [0.1, 0.15) is 29.8 Å². The zero-order chi connectivity index (χ0) is 14.3. The van der Waals surface area contributed by atoms with Gasteiger partial charge in [-0.3, -0.25) is 4.79 Å². The van der Waals surface area contributed by atoms with Gasteiger partial charge in [-0.05, 0) is 33.0 Å². The third kappa shape index (κ3) is 3.86. The summed E-state index contributed by atoms with van der Waals surface area (Å²) in [5.74, 6) is 1.21. The lowest BCUT2D eigenvalue weighted by molar-refractivity contribution is 0.0962. The average Bonchev–Trinajstić information content (AvgIpc) is 2.41. The van der Waals surface area contributed by atoms with Crippen molar-refractivity contribution < 1.29 is 14.3 Å². The fraction of sp³-hybridized carbons (Fsp3) is 0.500. The number of amides is 1. The molecule has 5 nitrogen and oxygen atoms in total. The summed E-state index contributed by atoms with van der Waals surface area (Å²) in [6, 6.07) is 3.50. The Morgan fingerprint density at radius 1 is 1.11 bits per heavy atom. The highest BCUT2D eigenvalue weighted by molar-refractivity contribution is 5.95. The van der Waals surface area contributed by atoms with Crippen LogP contribution in [0.3, 0.4) is 0 Å². The van der Waals surface area contributed by atoms with E-state index in [-0.39, 0.29) is 5.91 Å². The number of carbonyl (C=O) groups is 1. The van der Waals surface area contributed by atoms with E-state index in [9.17, 15) is 4.79 Å². The van der Waals surface area contributed by atoms with Crippen molar-refractivity contribution in [3.8, 4) is 11.5 Å². The zero-order valence-electron chi connectivity index (χ0n) is 12.0. The molecule has 0 bridgehead atoms. The largest absolute Gasteiger partial charge is 0.493 e. The van der Waals surface area contributed by atoms with Crippen molar-refractivity contribution in [2.45, 2.75) is 20.4 Å². The highest BCUT2D eigenvalue weighted by Crippen LogP contribution is 2.31. The van der Waals surface area contributed by atoms with Crippen LogP contribution < -0.4 is 20.1 Å². The van der Waals surface area contributed by atoms with Gasteiger partial charge in [-0.2, -0.15) is 0 Å². The van der Waals surface area contributed by atoms with Crippen LogP contribution in [0.5, 0.6) is 11.5 Å². The lowest BCUT2D eigenvalue weighted by Crippen LogP contribution is -2.19. The van der Waals surface area contributed by atoms with Crippen LogP contribution in [0.4, 0.5) is 0 Å². The van der Waals surface area contributed by atoms with Crippen molar-refractivity contribution in [1.29, 1.82) is 0 Å². The number of hydrogen-bond donors (Lipinski definition) is 2. The van der Waals surface area contributed by atoms with Crippen LogP contribution in [0.2, 0.25) is 0 Å². The molecule has 106 valence electrons. The fourth-order valence-corrected chi connectivity index (χ4v) is 1.81. The minimum absolute atomic E-state index is 0.155. The molecule has 0 heterocycles. The second kappa shape index (κ2) is 7.63. The summed E-state index contributed by atoms with van der Waals surface area (Å²) in [7, 11) is 3.46. The minimum Gasteiger partial charge on any atom is -0.493 e. The molecule has 0 spiro atoms. The third-order valence-corrected chi connectivity index (χ3v) is 2.61. The van der Waals surface area contributed by atoms with E-state index in [1.165, 1.54) is 0 Å². The molecule has 19 heavy (non-hydrogen) atoms. The van der Waals surface area contributed by atoms with Crippen molar-refractivity contribution >= 4 is 5.91 Å². The Labute approximate surface area is 114 Å². The Bertz CT molecular complexity index is 406. The van der Waals surface area contributed by atoms with E-state index in [2.05, 4.69) is 10.6 Å². The molecule has 1 aromatic rings. The molecule has 0 saturated carbocycles. The smallest absolute Gasteiger partial charge is 0.251 e. The van der Waals surface area contributed by atoms with Gasteiger partial charge in [0.2, 0.25) is 0 Å². The van der Waals surface area contributed by atoms with Gasteiger partial charge in [0.15, 0.2) is 0 Å². The summed E-state index contributed by atoms with van der Waals surface area (Å²) < 4.78 is 11.2. The summed E-state index contributed by atoms with van der Waals surface area (Å²) in [5.41, 5.74) is 1.47. The summed E-state index contributed by atoms with van der Waals surface area (Å²) in [5, 5.41) is 5.69. The average molecular weight is 266 g/mol. The predicted octanol–water partition coefficient (Wildman–Crippen LogP) is 1.56. The first kappa shape index (κ1) is 15.3. The van der Waals surface area contributed by atoms with Crippen LogP contribution in [0, 0.1) is 0 Å². The van der Waals surface area contributed by atoms with Crippen LogP contribution in [-0.4, -0.2) is 33.2 Å². The molecule has 5 heteroatoms. The Morgan fingerprint density at radius 3 is 2.00 bits per heavy atom. The second-order valence-electron chi connectivity index (χ2n) is 3.93. The van der Waals surface area contributed by atoms with E-state index >= 15 is 0 Å². The molecule has 0 radical (unpaired) electrons. The molecular formula is C14H22N2O3. The first-order valence-corrected chi connectivity index (χ1v) is 6.47. The Hall–Kier alpha value is -1.75. The predicted molar refractivity (Wildman–Crippen MR) is 74.9 cm³/mol. The van der Waals surface area contributed by atoms with E-state index < -0.39 is 0 Å². The maximum absolute atomic E-state index is 11.8. The topological polar surface area (TPSA) is 59.6 Å². The van der Waals surface area contributed by atoms with Gasteiger partial charge < -0.3 is 20.1 Å². The van der Waals surface area contributed by atoms with Crippen molar-refractivity contribution in [3.63, 3.8) is 0 Å². The van der Waals surface area contributed by atoms with Crippen LogP contribution in [0.15, 0.2) is 12.1 Å². The number of ether oxygens (including phenoxy) is 2. The highest BCUT2D eigenvalue weighted by atomic mass is 16.5. The van der Waals surface area contributed by atoms with E-state index in [0.717, 1.165) is 5.56 Å². The molecule has 0 unspecified atom stereocenters. The highest BCUT2D eigenvalue weighted by Gasteiger charge is 2.15. The Balaban J connectivity index is 3.29. The molecule has 0 saturated heterocycles. The lowest BCUT2D eigenvalue weighted by Gasteiger charge is -2.16. The molecule has 0 fully saturated rings. The molecule has 0 aliphatic heterocycles. The number of benzene rings is 1. The second-order valence-corrected chi connectivity index (χ2v) is 3.93. The van der Waals surface area contributed by atoms with Gasteiger partial charge in [-0.1, -0.05) is 0 Å². The molecular weight excluding hydrogens is 244 g/mol. The molecule has 0 aliphatic rings. The SMILES string of the molecule is CCOc1cc(C(=O)NC)cc(OCC)c1CNC. The summed E-state index contributed by atoms with van der Waals surface area (Å²) in [6.45, 7) is 5.53. The third-order valence-electron chi connectivity index (χ3n) is 2.61. The van der Waals surface area contributed by atoms with Gasteiger partial charge in [0.25, 0.3) is 5.91 Å². The molecule has 0 atom stereocenters. The zero-order valence-corrected chi connectivity index (χ0v) is 12.0. The van der Waals surface area contributed by atoms with Crippen LogP contribution >= 0.6 is 0 Å². The van der Waals surface area contributed by atoms with E-state index in [0.29, 0.717) is 36.8 Å². The summed E-state index contributed by atoms with van der Waals surface area (Å²) in [6.07, 6.45) is 0. The maximum atomic E-state index is 11.8. The van der Waals surface area contributed by atoms with E-state index in [1.54, 1.807) is 19.2 Å². The Kier molecular flexibility index (Phi) is 6.15. The summed E-state index contributed by atoms with van der Waals surface area (Å²) in [4.78, 5) is 11.8. The molecule has 0 aromatic heterocycles. The van der Waals surface area contributed by atoms with Gasteiger partial charge in [-0.25, -0.2) is 0 Å². The van der Waals surface area contributed by atoms with Gasteiger partial charge in [0, 0.05) is 24.7 Å². The van der Waals surface area contributed by atoms with Crippen molar-refractivity contribution in [2.24, 2.45) is 0 Å². The number of carbonyl (C=O) groups excluding carboxylic acids is 1. The molecule has 1 amide bonds. The number of hydrogen-bond acceptors (Lipinski definition) is 4.